The number of aromatic nitrogens is 1. The molecule has 1 atom stereocenters. The van der Waals surface area contributed by atoms with Gasteiger partial charge in [-0.3, -0.25) is 4.99 Å². The first kappa shape index (κ1) is 17.5. The summed E-state index contributed by atoms with van der Waals surface area (Å²) >= 11 is 0. The largest absolute Gasteiger partial charge is 0.475 e. The predicted molar refractivity (Wildman–Crippen MR) is 91.8 cm³/mol. The summed E-state index contributed by atoms with van der Waals surface area (Å²) in [4.78, 5) is 11.0. The lowest BCUT2D eigenvalue weighted by atomic mass is 10.1. The first-order valence-corrected chi connectivity index (χ1v) is 8.18. The van der Waals surface area contributed by atoms with Crippen LogP contribution < -0.4 is 10.1 Å². The molecule has 1 saturated heterocycles. The molecule has 1 aliphatic heterocycles. The number of ether oxygens (including phenoxy) is 2. The van der Waals surface area contributed by atoms with Crippen LogP contribution in [0.5, 0.6) is 5.88 Å². The van der Waals surface area contributed by atoms with Crippen molar-refractivity contribution in [2.45, 2.75) is 32.9 Å². The molecule has 0 spiro atoms. The average molecular weight is 320 g/mol. The Labute approximate surface area is 138 Å². The fourth-order valence-electron chi connectivity index (χ4n) is 2.74. The van der Waals surface area contributed by atoms with E-state index in [0.29, 0.717) is 18.3 Å². The molecule has 128 valence electrons. The molecule has 1 fully saturated rings. The number of pyridine rings is 1. The maximum Gasteiger partial charge on any atom is 0.213 e. The number of aliphatic imine (C=N–C) groups is 1. The lowest BCUT2D eigenvalue weighted by Crippen LogP contribution is -2.39. The Morgan fingerprint density at radius 2 is 2.30 bits per heavy atom. The average Bonchev–Trinajstić information content (AvgIpc) is 2.98. The molecule has 0 aliphatic carbocycles. The summed E-state index contributed by atoms with van der Waals surface area (Å²) in [5, 5.41) is 3.40. The van der Waals surface area contributed by atoms with Crippen molar-refractivity contribution in [1.82, 2.24) is 15.2 Å². The zero-order valence-electron chi connectivity index (χ0n) is 14.6. The number of hydrogen-bond donors (Lipinski definition) is 1. The minimum Gasteiger partial charge on any atom is -0.475 e. The second-order valence-electron chi connectivity index (χ2n) is 6.13. The maximum atomic E-state index is 5.56. The third-order valence-electron chi connectivity index (χ3n) is 3.80. The van der Waals surface area contributed by atoms with Crippen LogP contribution in [0, 0.1) is 5.92 Å². The van der Waals surface area contributed by atoms with E-state index >= 15 is 0 Å². The number of likely N-dealkylation sites (tertiary alicyclic amines) is 1. The Hall–Kier alpha value is -1.82. The Morgan fingerprint density at radius 1 is 1.48 bits per heavy atom. The molecule has 1 N–H and O–H groups in total. The number of rotatable bonds is 6. The van der Waals surface area contributed by atoms with Crippen LogP contribution in [-0.4, -0.2) is 55.8 Å². The van der Waals surface area contributed by atoms with E-state index in [2.05, 4.69) is 20.2 Å². The zero-order chi connectivity index (χ0) is 16.7. The van der Waals surface area contributed by atoms with E-state index in [1.54, 1.807) is 7.11 Å². The highest BCUT2D eigenvalue weighted by atomic mass is 16.5. The summed E-state index contributed by atoms with van der Waals surface area (Å²) in [7, 11) is 3.58. The lowest BCUT2D eigenvalue weighted by molar-refractivity contribution is 0.157. The third-order valence-corrected chi connectivity index (χ3v) is 3.80. The first-order valence-electron chi connectivity index (χ1n) is 8.18. The van der Waals surface area contributed by atoms with Crippen molar-refractivity contribution in [2.24, 2.45) is 10.9 Å². The lowest BCUT2D eigenvalue weighted by Gasteiger charge is -2.21. The quantitative estimate of drug-likeness (QED) is 0.641. The normalized spacial score (nSPS) is 18.6. The van der Waals surface area contributed by atoms with Crippen LogP contribution in [0.25, 0.3) is 0 Å². The van der Waals surface area contributed by atoms with Crippen LogP contribution in [0.15, 0.2) is 23.3 Å². The Kier molecular flexibility index (Phi) is 6.65. The highest BCUT2D eigenvalue weighted by Crippen LogP contribution is 2.16. The minimum atomic E-state index is 0.139. The molecule has 0 aromatic carbocycles. The Balaban J connectivity index is 1.84. The van der Waals surface area contributed by atoms with Crippen molar-refractivity contribution >= 4 is 5.96 Å². The third kappa shape index (κ3) is 5.39. The van der Waals surface area contributed by atoms with E-state index in [1.165, 1.54) is 0 Å². The predicted octanol–water partition coefficient (Wildman–Crippen LogP) is 1.91. The molecule has 1 aromatic rings. The van der Waals surface area contributed by atoms with E-state index in [1.807, 2.05) is 39.2 Å². The number of nitrogens with zero attached hydrogens (tertiary/aromatic N) is 3. The van der Waals surface area contributed by atoms with E-state index in [-0.39, 0.29) is 6.10 Å². The topological polar surface area (TPSA) is 59.0 Å². The van der Waals surface area contributed by atoms with Crippen molar-refractivity contribution in [3.63, 3.8) is 0 Å². The van der Waals surface area contributed by atoms with Gasteiger partial charge in [-0.2, -0.15) is 0 Å². The van der Waals surface area contributed by atoms with Crippen molar-refractivity contribution < 1.29 is 9.47 Å². The van der Waals surface area contributed by atoms with Crippen molar-refractivity contribution in [3.05, 3.63) is 23.9 Å². The van der Waals surface area contributed by atoms with Gasteiger partial charge in [0, 0.05) is 52.0 Å². The summed E-state index contributed by atoms with van der Waals surface area (Å²) in [5.74, 6) is 2.19. The van der Waals surface area contributed by atoms with Crippen LogP contribution in [0.2, 0.25) is 0 Å². The minimum absolute atomic E-state index is 0.139. The van der Waals surface area contributed by atoms with Gasteiger partial charge in [-0.15, -0.1) is 0 Å². The fourth-order valence-corrected chi connectivity index (χ4v) is 2.74. The number of nitrogens with one attached hydrogen (secondary N) is 1. The summed E-state index contributed by atoms with van der Waals surface area (Å²) in [5.41, 5.74) is 1.11. The van der Waals surface area contributed by atoms with Crippen molar-refractivity contribution in [3.8, 4) is 5.88 Å². The molecule has 23 heavy (non-hydrogen) atoms. The molecular formula is C17H28N4O2. The van der Waals surface area contributed by atoms with Gasteiger partial charge in [-0.25, -0.2) is 4.98 Å². The molecule has 0 amide bonds. The Morgan fingerprint density at radius 3 is 2.91 bits per heavy atom. The SMILES string of the molecule is CN=C(NCc1ccc(OC(C)C)nc1)N1CCC(COC)C1. The van der Waals surface area contributed by atoms with Gasteiger partial charge in [-0.05, 0) is 25.8 Å². The van der Waals surface area contributed by atoms with Gasteiger partial charge in [0.2, 0.25) is 5.88 Å². The molecular weight excluding hydrogens is 292 g/mol. The number of hydrogen-bond acceptors (Lipinski definition) is 4. The molecule has 2 rings (SSSR count). The zero-order valence-corrected chi connectivity index (χ0v) is 14.6. The molecule has 2 heterocycles. The first-order chi connectivity index (χ1) is 11.1. The van der Waals surface area contributed by atoms with E-state index in [9.17, 15) is 0 Å². The summed E-state index contributed by atoms with van der Waals surface area (Å²) in [6, 6.07) is 3.94. The van der Waals surface area contributed by atoms with Gasteiger partial charge in [0.05, 0.1) is 12.7 Å². The summed E-state index contributed by atoms with van der Waals surface area (Å²) < 4.78 is 10.8. The number of guanidine groups is 1. The molecule has 6 heteroatoms. The van der Waals surface area contributed by atoms with Crippen LogP contribution in [0.1, 0.15) is 25.8 Å². The fraction of sp³-hybridized carbons (Fsp3) is 0.647. The molecule has 1 unspecified atom stereocenters. The van der Waals surface area contributed by atoms with Gasteiger partial charge in [0.1, 0.15) is 0 Å². The standard InChI is InChI=1S/C17H28N4O2/c1-13(2)23-16-6-5-14(9-19-16)10-20-17(18-3)21-8-7-15(11-21)12-22-4/h5-6,9,13,15H,7-8,10-12H2,1-4H3,(H,18,20). The van der Waals surface area contributed by atoms with E-state index in [0.717, 1.165) is 37.6 Å². The second-order valence-corrected chi connectivity index (χ2v) is 6.13. The summed E-state index contributed by atoms with van der Waals surface area (Å²) in [6.07, 6.45) is 3.13. The maximum absolute atomic E-state index is 5.56. The highest BCUT2D eigenvalue weighted by Gasteiger charge is 2.24. The highest BCUT2D eigenvalue weighted by molar-refractivity contribution is 5.80. The molecule has 1 aliphatic rings. The molecule has 6 nitrogen and oxygen atoms in total. The van der Waals surface area contributed by atoms with Crippen molar-refractivity contribution in [2.75, 3.05) is 33.9 Å². The Bertz CT molecular complexity index is 502. The van der Waals surface area contributed by atoms with Gasteiger partial charge >= 0.3 is 0 Å². The molecule has 0 radical (unpaired) electrons. The van der Waals surface area contributed by atoms with Gasteiger partial charge < -0.3 is 19.7 Å². The van der Waals surface area contributed by atoms with E-state index < -0.39 is 0 Å². The summed E-state index contributed by atoms with van der Waals surface area (Å²) in [6.45, 7) is 7.52. The smallest absolute Gasteiger partial charge is 0.213 e. The molecule has 0 bridgehead atoms. The monoisotopic (exact) mass is 320 g/mol. The van der Waals surface area contributed by atoms with Crippen LogP contribution in [0.3, 0.4) is 0 Å². The molecule has 0 saturated carbocycles. The van der Waals surface area contributed by atoms with Crippen LogP contribution >= 0.6 is 0 Å². The van der Waals surface area contributed by atoms with E-state index in [4.69, 9.17) is 9.47 Å². The van der Waals surface area contributed by atoms with Crippen molar-refractivity contribution in [1.29, 1.82) is 0 Å². The molecule has 1 aromatic heterocycles. The second kappa shape index (κ2) is 8.72. The van der Waals surface area contributed by atoms with Gasteiger partial charge in [0.25, 0.3) is 0 Å². The van der Waals surface area contributed by atoms with Crippen LogP contribution in [0.4, 0.5) is 0 Å². The number of methoxy groups -OCH3 is 1. The van der Waals surface area contributed by atoms with Gasteiger partial charge in [0.15, 0.2) is 5.96 Å². The van der Waals surface area contributed by atoms with Gasteiger partial charge in [-0.1, -0.05) is 6.07 Å². The van der Waals surface area contributed by atoms with Crippen LogP contribution in [-0.2, 0) is 11.3 Å².